The highest BCUT2D eigenvalue weighted by molar-refractivity contribution is 5.73. The standard InChI is InChI=1S/C20H23N5O.3C2HF3O2/c1-15-19(16(2)26-23-15)14-24-9-10-25(12-17-5-3-7-21-11-17)20-18(13-24)6-4-8-22-20;3*3-2(4,5)1(6)7/h3-8,11H,9-10,12-14H2,1-2H3;3*(H,6,7). The number of carboxylic acids is 3. The molecule has 0 unspecified atom stereocenters. The number of hydrogen-bond acceptors (Lipinski definition) is 9. The van der Waals surface area contributed by atoms with Crippen molar-refractivity contribution in [2.75, 3.05) is 18.0 Å². The highest BCUT2D eigenvalue weighted by Crippen LogP contribution is 2.26. The lowest BCUT2D eigenvalue weighted by Gasteiger charge is -2.23. The molecule has 0 amide bonds. The number of anilines is 1. The van der Waals surface area contributed by atoms with Crippen molar-refractivity contribution in [1.82, 2.24) is 20.0 Å². The second kappa shape index (κ2) is 17.1. The van der Waals surface area contributed by atoms with Gasteiger partial charge in [-0.25, -0.2) is 19.4 Å². The molecule has 0 saturated carbocycles. The topological polar surface area (TPSA) is 170 Å². The van der Waals surface area contributed by atoms with Crippen LogP contribution in [0.1, 0.15) is 28.1 Å². The van der Waals surface area contributed by atoms with Crippen LogP contribution in [0, 0.1) is 13.8 Å². The smallest absolute Gasteiger partial charge is 0.475 e. The van der Waals surface area contributed by atoms with Gasteiger partial charge in [-0.3, -0.25) is 9.88 Å². The number of rotatable bonds is 4. The first-order chi connectivity index (χ1) is 21.5. The summed E-state index contributed by atoms with van der Waals surface area (Å²) in [7, 11) is 0. The first-order valence-electron chi connectivity index (χ1n) is 12.7. The van der Waals surface area contributed by atoms with Crippen LogP contribution in [0.5, 0.6) is 0 Å². The normalized spacial score (nSPS) is 13.3. The van der Waals surface area contributed by atoms with Gasteiger partial charge in [0.05, 0.1) is 5.69 Å². The van der Waals surface area contributed by atoms with Gasteiger partial charge in [-0.15, -0.1) is 0 Å². The molecular formula is C26H26F9N5O7. The molecule has 4 heterocycles. The molecule has 0 bridgehead atoms. The summed E-state index contributed by atoms with van der Waals surface area (Å²) >= 11 is 0. The fourth-order valence-corrected chi connectivity index (χ4v) is 3.48. The Morgan fingerprint density at radius 2 is 1.32 bits per heavy atom. The summed E-state index contributed by atoms with van der Waals surface area (Å²) < 4.78 is 101. The van der Waals surface area contributed by atoms with E-state index in [1.807, 2.05) is 44.6 Å². The highest BCUT2D eigenvalue weighted by Gasteiger charge is 2.39. The molecule has 0 aliphatic carbocycles. The second-order valence-electron chi connectivity index (χ2n) is 9.19. The number of hydrogen-bond donors (Lipinski definition) is 3. The van der Waals surface area contributed by atoms with Gasteiger partial charge < -0.3 is 24.7 Å². The van der Waals surface area contributed by atoms with Gasteiger partial charge in [-0.05, 0) is 31.5 Å². The van der Waals surface area contributed by atoms with Crippen molar-refractivity contribution < 1.29 is 73.7 Å². The van der Waals surface area contributed by atoms with Crippen LogP contribution in [0.3, 0.4) is 0 Å². The van der Waals surface area contributed by atoms with Crippen molar-refractivity contribution >= 4 is 23.7 Å². The Labute approximate surface area is 259 Å². The first-order valence-corrected chi connectivity index (χ1v) is 12.7. The molecule has 3 aromatic rings. The third-order valence-electron chi connectivity index (χ3n) is 5.63. The predicted octanol–water partition coefficient (Wildman–Crippen LogP) is 5.00. The van der Waals surface area contributed by atoms with Gasteiger partial charge in [0, 0.05) is 62.4 Å². The van der Waals surface area contributed by atoms with Crippen molar-refractivity contribution in [3.05, 3.63) is 71.0 Å². The van der Waals surface area contributed by atoms with Crippen molar-refractivity contribution in [2.45, 2.75) is 52.0 Å². The van der Waals surface area contributed by atoms with E-state index in [1.54, 1.807) is 0 Å². The fraction of sp³-hybridized carbons (Fsp3) is 0.385. The molecular weight excluding hydrogens is 665 g/mol. The van der Waals surface area contributed by atoms with Crippen molar-refractivity contribution in [1.29, 1.82) is 0 Å². The van der Waals surface area contributed by atoms with Crippen molar-refractivity contribution in [3.63, 3.8) is 0 Å². The molecule has 0 radical (unpaired) electrons. The summed E-state index contributed by atoms with van der Waals surface area (Å²) in [5.41, 5.74) is 4.62. The molecule has 0 spiro atoms. The summed E-state index contributed by atoms with van der Waals surface area (Å²) in [6.45, 7) is 8.40. The van der Waals surface area contributed by atoms with E-state index >= 15 is 0 Å². The Balaban J connectivity index is 0.000000430. The number of fused-ring (bicyclic) bond motifs is 1. The van der Waals surface area contributed by atoms with Crippen LogP contribution in [-0.4, -0.2) is 84.9 Å². The SMILES string of the molecule is Cc1noc(C)c1CN1CCN(Cc2cccnc2)c2ncccc2C1.O=C(O)C(F)(F)F.O=C(O)C(F)(F)F.O=C(O)C(F)(F)F. The molecule has 4 rings (SSSR count). The summed E-state index contributed by atoms with van der Waals surface area (Å²) in [6, 6.07) is 8.28. The molecule has 21 heteroatoms. The summed E-state index contributed by atoms with van der Waals surface area (Å²) in [5.74, 6) is -6.30. The third-order valence-corrected chi connectivity index (χ3v) is 5.63. The Morgan fingerprint density at radius 3 is 1.74 bits per heavy atom. The average molecular weight is 692 g/mol. The van der Waals surface area contributed by atoms with Crippen LogP contribution in [0.25, 0.3) is 0 Å². The number of aliphatic carboxylic acids is 3. The number of carboxylic acid groups (broad SMARTS) is 3. The molecule has 0 atom stereocenters. The van der Waals surface area contributed by atoms with Crippen LogP contribution >= 0.6 is 0 Å². The van der Waals surface area contributed by atoms with E-state index in [-0.39, 0.29) is 0 Å². The second-order valence-corrected chi connectivity index (χ2v) is 9.19. The minimum absolute atomic E-state index is 0.816. The molecule has 260 valence electrons. The number of carbonyl (C=O) groups is 3. The zero-order chi connectivity index (χ0) is 36.2. The maximum Gasteiger partial charge on any atom is 0.490 e. The fourth-order valence-electron chi connectivity index (χ4n) is 3.48. The Hall–Kier alpha value is -4.95. The van der Waals surface area contributed by atoms with Gasteiger partial charge in [0.15, 0.2) is 0 Å². The molecule has 1 aliphatic heterocycles. The summed E-state index contributed by atoms with van der Waals surface area (Å²) in [5, 5.41) is 25.5. The summed E-state index contributed by atoms with van der Waals surface area (Å²) in [4.78, 5) is 40.4. The summed E-state index contributed by atoms with van der Waals surface area (Å²) in [6.07, 6.45) is -9.64. The predicted molar refractivity (Wildman–Crippen MR) is 141 cm³/mol. The third kappa shape index (κ3) is 14.3. The van der Waals surface area contributed by atoms with E-state index in [1.165, 1.54) is 16.7 Å². The van der Waals surface area contributed by atoms with Crippen LogP contribution in [-0.2, 0) is 34.0 Å². The lowest BCUT2D eigenvalue weighted by atomic mass is 10.1. The molecule has 0 fully saturated rings. The molecule has 0 aromatic carbocycles. The van der Waals surface area contributed by atoms with E-state index < -0.39 is 36.4 Å². The van der Waals surface area contributed by atoms with Gasteiger partial charge in [-0.2, -0.15) is 39.5 Å². The van der Waals surface area contributed by atoms with Crippen LogP contribution in [0.2, 0.25) is 0 Å². The number of alkyl halides is 9. The number of aryl methyl sites for hydroxylation is 2. The Bertz CT molecular complexity index is 1390. The largest absolute Gasteiger partial charge is 0.490 e. The lowest BCUT2D eigenvalue weighted by molar-refractivity contribution is -0.193. The van der Waals surface area contributed by atoms with Gasteiger partial charge in [0.2, 0.25) is 0 Å². The minimum Gasteiger partial charge on any atom is -0.475 e. The van der Waals surface area contributed by atoms with Gasteiger partial charge in [-0.1, -0.05) is 17.3 Å². The van der Waals surface area contributed by atoms with Crippen LogP contribution < -0.4 is 4.90 Å². The molecule has 12 nitrogen and oxygen atoms in total. The maximum absolute atomic E-state index is 10.6. The molecule has 1 aliphatic rings. The van der Waals surface area contributed by atoms with Crippen LogP contribution in [0.15, 0.2) is 47.4 Å². The average Bonchev–Trinajstić information content (AvgIpc) is 3.16. The molecule has 3 N–H and O–H groups in total. The van der Waals surface area contributed by atoms with E-state index in [2.05, 4.69) is 37.1 Å². The lowest BCUT2D eigenvalue weighted by Crippen LogP contribution is -2.31. The zero-order valence-corrected chi connectivity index (χ0v) is 24.2. The minimum atomic E-state index is -5.08. The van der Waals surface area contributed by atoms with E-state index in [9.17, 15) is 39.5 Å². The Kier molecular flexibility index (Phi) is 14.6. The van der Waals surface area contributed by atoms with Gasteiger partial charge in [0.1, 0.15) is 11.6 Å². The van der Waals surface area contributed by atoms with Crippen molar-refractivity contribution in [2.24, 2.45) is 0 Å². The molecule has 3 aromatic heterocycles. The van der Waals surface area contributed by atoms with Crippen molar-refractivity contribution in [3.8, 4) is 0 Å². The maximum atomic E-state index is 10.6. The highest BCUT2D eigenvalue weighted by atomic mass is 19.4. The molecule has 47 heavy (non-hydrogen) atoms. The quantitative estimate of drug-likeness (QED) is 0.314. The van der Waals surface area contributed by atoms with Gasteiger partial charge in [0.25, 0.3) is 0 Å². The monoisotopic (exact) mass is 691 g/mol. The first kappa shape index (κ1) is 40.1. The van der Waals surface area contributed by atoms with Gasteiger partial charge >= 0.3 is 36.4 Å². The van der Waals surface area contributed by atoms with E-state index in [0.717, 1.165) is 50.0 Å². The van der Waals surface area contributed by atoms with Crippen LogP contribution in [0.4, 0.5) is 45.3 Å². The number of aromatic nitrogens is 3. The van der Waals surface area contributed by atoms with E-state index in [0.29, 0.717) is 0 Å². The number of halogens is 9. The number of nitrogens with zero attached hydrogens (tertiary/aromatic N) is 5. The zero-order valence-electron chi connectivity index (χ0n) is 24.2. The molecule has 0 saturated heterocycles. The van der Waals surface area contributed by atoms with E-state index in [4.69, 9.17) is 34.2 Å². The number of pyridine rings is 2. The Morgan fingerprint density at radius 1 is 0.809 bits per heavy atom.